The molecule has 2 aromatic carbocycles. The van der Waals surface area contributed by atoms with Crippen LogP contribution in [0, 0.1) is 0 Å². The number of carbonyl (C=O) groups is 2. The first-order valence-corrected chi connectivity index (χ1v) is 6.81. The predicted octanol–water partition coefficient (Wildman–Crippen LogP) is 2.88. The van der Waals surface area contributed by atoms with Crippen LogP contribution in [-0.4, -0.2) is 25.1 Å². The number of benzene rings is 2. The maximum Gasteiger partial charge on any atom is 0.339 e. The third-order valence-electron chi connectivity index (χ3n) is 3.00. The molecule has 0 aliphatic carbocycles. The number of esters is 1. The maximum absolute atomic E-state index is 12.0. The molecule has 0 radical (unpaired) electrons. The van der Waals surface area contributed by atoms with Gasteiger partial charge in [0.25, 0.3) is 5.91 Å². The summed E-state index contributed by atoms with van der Waals surface area (Å²) >= 11 is 0. The van der Waals surface area contributed by atoms with Crippen molar-refractivity contribution in [2.75, 3.05) is 12.4 Å². The van der Waals surface area contributed by atoms with Gasteiger partial charge in [-0.25, -0.2) is 4.79 Å². The minimum atomic E-state index is -0.904. The van der Waals surface area contributed by atoms with Gasteiger partial charge in [0.1, 0.15) is 5.75 Å². The number of para-hydroxylation sites is 1. The minimum absolute atomic E-state index is 0.332. The largest absolute Gasteiger partial charge is 0.497 e. The molecule has 0 saturated heterocycles. The lowest BCUT2D eigenvalue weighted by Gasteiger charge is -2.13. The minimum Gasteiger partial charge on any atom is -0.497 e. The Balaban J connectivity index is 1.97. The first kappa shape index (κ1) is 15.6. The molecule has 114 valence electrons. The van der Waals surface area contributed by atoms with Gasteiger partial charge in [-0.05, 0) is 37.3 Å². The summed E-state index contributed by atoms with van der Waals surface area (Å²) in [5.41, 5.74) is 0.982. The van der Waals surface area contributed by atoms with Gasteiger partial charge >= 0.3 is 5.97 Å². The number of hydrogen-bond donors (Lipinski definition) is 1. The molecule has 1 atom stereocenters. The van der Waals surface area contributed by atoms with E-state index in [0.717, 1.165) is 0 Å². The first-order valence-electron chi connectivity index (χ1n) is 6.81. The molecule has 2 aromatic rings. The fourth-order valence-corrected chi connectivity index (χ4v) is 1.80. The van der Waals surface area contributed by atoms with E-state index in [1.807, 2.05) is 18.2 Å². The molecule has 0 fully saturated rings. The van der Waals surface area contributed by atoms with Crippen LogP contribution in [0.25, 0.3) is 0 Å². The zero-order chi connectivity index (χ0) is 15.9. The van der Waals surface area contributed by atoms with Gasteiger partial charge in [0.15, 0.2) is 6.10 Å². The van der Waals surface area contributed by atoms with Crippen LogP contribution in [0.5, 0.6) is 5.75 Å². The number of methoxy groups -OCH3 is 1. The van der Waals surface area contributed by atoms with Gasteiger partial charge in [0.2, 0.25) is 0 Å². The highest BCUT2D eigenvalue weighted by Gasteiger charge is 2.19. The summed E-state index contributed by atoms with van der Waals surface area (Å²) < 4.78 is 10.2. The Labute approximate surface area is 128 Å². The van der Waals surface area contributed by atoms with Gasteiger partial charge in [-0.3, -0.25) is 4.79 Å². The molecule has 0 spiro atoms. The smallest absolute Gasteiger partial charge is 0.339 e. The van der Waals surface area contributed by atoms with Crippen LogP contribution in [0.15, 0.2) is 54.6 Å². The van der Waals surface area contributed by atoms with Gasteiger partial charge in [0, 0.05) is 5.69 Å². The molecular weight excluding hydrogens is 282 g/mol. The molecule has 5 nitrogen and oxygen atoms in total. The Hall–Kier alpha value is -2.82. The second-order valence-corrected chi connectivity index (χ2v) is 4.63. The molecule has 0 aliphatic heterocycles. The molecule has 22 heavy (non-hydrogen) atoms. The van der Waals surface area contributed by atoms with Crippen molar-refractivity contribution in [3.8, 4) is 5.75 Å². The number of nitrogens with one attached hydrogen (secondary N) is 1. The Bertz CT molecular complexity index is 655. The molecular formula is C17H17NO4. The van der Waals surface area contributed by atoms with Gasteiger partial charge in [-0.2, -0.15) is 0 Å². The molecule has 2 rings (SSSR count). The second kappa shape index (κ2) is 7.26. The van der Waals surface area contributed by atoms with Crippen LogP contribution in [0.4, 0.5) is 5.69 Å². The summed E-state index contributed by atoms with van der Waals surface area (Å²) in [6, 6.07) is 15.6. The quantitative estimate of drug-likeness (QED) is 0.862. The van der Waals surface area contributed by atoms with E-state index in [0.29, 0.717) is 17.0 Å². The van der Waals surface area contributed by atoms with E-state index >= 15 is 0 Å². The number of carbonyl (C=O) groups excluding carboxylic acids is 2. The van der Waals surface area contributed by atoms with E-state index in [1.165, 1.54) is 14.0 Å². The van der Waals surface area contributed by atoms with Crippen molar-refractivity contribution >= 4 is 17.6 Å². The summed E-state index contributed by atoms with van der Waals surface area (Å²) in [5.74, 6) is -0.409. The number of ether oxygens (including phenoxy) is 2. The highest BCUT2D eigenvalue weighted by atomic mass is 16.5. The zero-order valence-electron chi connectivity index (χ0n) is 12.4. The van der Waals surface area contributed by atoms with Crippen LogP contribution in [0.2, 0.25) is 0 Å². The summed E-state index contributed by atoms with van der Waals surface area (Å²) in [6.45, 7) is 1.52. The molecule has 0 unspecified atom stereocenters. The molecule has 0 heterocycles. The van der Waals surface area contributed by atoms with Crippen molar-refractivity contribution in [1.29, 1.82) is 0 Å². The van der Waals surface area contributed by atoms with Crippen molar-refractivity contribution in [3.63, 3.8) is 0 Å². The molecule has 1 N–H and O–H groups in total. The van der Waals surface area contributed by atoms with E-state index in [-0.39, 0.29) is 5.91 Å². The maximum atomic E-state index is 12.0. The topological polar surface area (TPSA) is 64.6 Å². The van der Waals surface area contributed by atoms with Crippen molar-refractivity contribution in [2.45, 2.75) is 13.0 Å². The lowest BCUT2D eigenvalue weighted by atomic mass is 10.2. The average Bonchev–Trinajstić information content (AvgIpc) is 2.55. The van der Waals surface area contributed by atoms with E-state index in [2.05, 4.69) is 5.32 Å². The van der Waals surface area contributed by atoms with Crippen molar-refractivity contribution < 1.29 is 19.1 Å². The Morgan fingerprint density at radius 3 is 2.45 bits per heavy atom. The molecule has 1 amide bonds. The summed E-state index contributed by atoms with van der Waals surface area (Å²) in [6.07, 6.45) is -0.904. The van der Waals surface area contributed by atoms with Crippen LogP contribution in [-0.2, 0) is 9.53 Å². The summed E-state index contributed by atoms with van der Waals surface area (Å²) in [5, 5.41) is 2.68. The normalized spacial score (nSPS) is 11.4. The van der Waals surface area contributed by atoms with Crippen molar-refractivity contribution in [1.82, 2.24) is 0 Å². The Morgan fingerprint density at radius 1 is 1.05 bits per heavy atom. The van der Waals surface area contributed by atoms with Crippen LogP contribution in [0.3, 0.4) is 0 Å². The third-order valence-corrected chi connectivity index (χ3v) is 3.00. The van der Waals surface area contributed by atoms with Crippen LogP contribution < -0.4 is 10.1 Å². The molecule has 5 heteroatoms. The number of amides is 1. The molecule has 0 aliphatic rings. The lowest BCUT2D eigenvalue weighted by molar-refractivity contribution is -0.123. The molecule has 0 bridgehead atoms. The SMILES string of the molecule is COc1cccc(C(=O)O[C@@H](C)C(=O)Nc2ccccc2)c1. The fourth-order valence-electron chi connectivity index (χ4n) is 1.80. The number of anilines is 1. The van der Waals surface area contributed by atoms with Gasteiger partial charge in [-0.15, -0.1) is 0 Å². The van der Waals surface area contributed by atoms with Gasteiger partial charge in [0.05, 0.1) is 12.7 Å². The Morgan fingerprint density at radius 2 is 1.77 bits per heavy atom. The van der Waals surface area contributed by atoms with Crippen molar-refractivity contribution in [2.24, 2.45) is 0 Å². The van der Waals surface area contributed by atoms with E-state index in [1.54, 1.807) is 36.4 Å². The average molecular weight is 299 g/mol. The first-order chi connectivity index (χ1) is 10.6. The van der Waals surface area contributed by atoms with E-state index < -0.39 is 12.1 Å². The summed E-state index contributed by atoms with van der Waals surface area (Å²) in [7, 11) is 1.51. The standard InChI is InChI=1S/C17H17NO4/c1-12(16(19)18-14-8-4-3-5-9-14)22-17(20)13-7-6-10-15(11-13)21-2/h3-12H,1-2H3,(H,18,19)/t12-/m0/s1. The summed E-state index contributed by atoms with van der Waals surface area (Å²) in [4.78, 5) is 24.0. The third kappa shape index (κ3) is 4.09. The Kier molecular flexibility index (Phi) is 5.14. The van der Waals surface area contributed by atoms with E-state index in [9.17, 15) is 9.59 Å². The monoisotopic (exact) mass is 299 g/mol. The molecule has 0 aromatic heterocycles. The van der Waals surface area contributed by atoms with Gasteiger partial charge < -0.3 is 14.8 Å². The lowest BCUT2D eigenvalue weighted by Crippen LogP contribution is -2.29. The molecule has 0 saturated carbocycles. The van der Waals surface area contributed by atoms with Crippen LogP contribution >= 0.6 is 0 Å². The van der Waals surface area contributed by atoms with E-state index in [4.69, 9.17) is 9.47 Å². The second-order valence-electron chi connectivity index (χ2n) is 4.63. The highest BCUT2D eigenvalue weighted by Crippen LogP contribution is 2.14. The number of hydrogen-bond acceptors (Lipinski definition) is 4. The number of rotatable bonds is 5. The highest BCUT2D eigenvalue weighted by molar-refractivity contribution is 5.97. The van der Waals surface area contributed by atoms with Crippen LogP contribution in [0.1, 0.15) is 17.3 Å². The zero-order valence-corrected chi connectivity index (χ0v) is 12.4. The fraction of sp³-hybridized carbons (Fsp3) is 0.176. The predicted molar refractivity (Wildman–Crippen MR) is 82.9 cm³/mol. The van der Waals surface area contributed by atoms with Gasteiger partial charge in [-0.1, -0.05) is 24.3 Å². The van der Waals surface area contributed by atoms with Crippen molar-refractivity contribution in [3.05, 3.63) is 60.2 Å².